The Kier molecular flexibility index (Phi) is 5.29. The fourth-order valence-electron chi connectivity index (χ4n) is 3.32. The standard InChI is InChI=1S/C25H31NO2/c1-24(2,3)21-14-20(15-22(23(21)27)25(4,5)6)28-19-12-13-26(17-19)16-18-10-8-7-9-11-18/h7-15,17,27H,16H2,1-6H3. The molecule has 0 saturated carbocycles. The lowest BCUT2D eigenvalue weighted by atomic mass is 9.79. The highest BCUT2D eigenvalue weighted by Gasteiger charge is 2.27. The summed E-state index contributed by atoms with van der Waals surface area (Å²) in [7, 11) is 0. The van der Waals surface area contributed by atoms with Gasteiger partial charge in [0.25, 0.3) is 0 Å². The zero-order valence-electron chi connectivity index (χ0n) is 17.8. The van der Waals surface area contributed by atoms with Crippen molar-refractivity contribution in [1.82, 2.24) is 4.57 Å². The molecule has 3 nitrogen and oxygen atoms in total. The molecule has 3 aromatic rings. The number of aromatic nitrogens is 1. The summed E-state index contributed by atoms with van der Waals surface area (Å²) in [5.74, 6) is 1.92. The summed E-state index contributed by atoms with van der Waals surface area (Å²) in [4.78, 5) is 0. The largest absolute Gasteiger partial charge is 0.507 e. The van der Waals surface area contributed by atoms with E-state index in [9.17, 15) is 5.11 Å². The Balaban J connectivity index is 1.90. The zero-order chi connectivity index (χ0) is 20.5. The van der Waals surface area contributed by atoms with Gasteiger partial charge in [-0.1, -0.05) is 71.9 Å². The minimum atomic E-state index is -0.178. The number of nitrogens with zero attached hydrogens (tertiary/aromatic N) is 1. The second-order valence-corrected chi connectivity index (χ2v) is 9.47. The molecule has 0 atom stereocenters. The summed E-state index contributed by atoms with van der Waals surface area (Å²) < 4.78 is 8.30. The topological polar surface area (TPSA) is 34.4 Å². The van der Waals surface area contributed by atoms with Crippen molar-refractivity contribution in [3.8, 4) is 17.2 Å². The van der Waals surface area contributed by atoms with Gasteiger partial charge in [-0.2, -0.15) is 0 Å². The minimum absolute atomic E-state index is 0.178. The number of phenols is 1. The monoisotopic (exact) mass is 377 g/mol. The number of aromatic hydroxyl groups is 1. The normalized spacial score (nSPS) is 12.2. The second kappa shape index (κ2) is 7.38. The van der Waals surface area contributed by atoms with Gasteiger partial charge < -0.3 is 14.4 Å². The van der Waals surface area contributed by atoms with Gasteiger partial charge in [0, 0.05) is 30.1 Å². The van der Waals surface area contributed by atoms with Crippen LogP contribution in [0.15, 0.2) is 60.9 Å². The van der Waals surface area contributed by atoms with E-state index in [1.165, 1.54) is 5.56 Å². The first kappa shape index (κ1) is 20.1. The van der Waals surface area contributed by atoms with Gasteiger partial charge in [-0.15, -0.1) is 0 Å². The number of ether oxygens (including phenoxy) is 1. The SMILES string of the molecule is CC(C)(C)c1cc(Oc2ccn(Cc3ccccc3)c2)cc(C(C)(C)C)c1O. The lowest BCUT2D eigenvalue weighted by molar-refractivity contribution is 0.415. The first-order valence-corrected chi connectivity index (χ1v) is 9.79. The third kappa shape index (κ3) is 4.59. The Morgan fingerprint density at radius 2 is 1.39 bits per heavy atom. The van der Waals surface area contributed by atoms with E-state index in [0.29, 0.717) is 5.75 Å². The predicted molar refractivity (Wildman–Crippen MR) is 116 cm³/mol. The highest BCUT2D eigenvalue weighted by Crippen LogP contribution is 2.42. The van der Waals surface area contributed by atoms with Gasteiger partial charge in [-0.05, 0) is 34.6 Å². The fourth-order valence-corrected chi connectivity index (χ4v) is 3.32. The maximum Gasteiger partial charge on any atom is 0.145 e. The number of rotatable bonds is 4. The molecular weight excluding hydrogens is 346 g/mol. The summed E-state index contributed by atoms with van der Waals surface area (Å²) >= 11 is 0. The molecule has 0 amide bonds. The fraction of sp³-hybridized carbons (Fsp3) is 0.360. The molecule has 28 heavy (non-hydrogen) atoms. The van der Waals surface area contributed by atoms with E-state index in [4.69, 9.17) is 4.74 Å². The Labute approximate surface area is 168 Å². The third-order valence-electron chi connectivity index (χ3n) is 4.87. The van der Waals surface area contributed by atoms with Gasteiger partial charge in [0.1, 0.15) is 17.2 Å². The van der Waals surface area contributed by atoms with Crippen molar-refractivity contribution >= 4 is 0 Å². The van der Waals surface area contributed by atoms with Gasteiger partial charge in [0.2, 0.25) is 0 Å². The minimum Gasteiger partial charge on any atom is -0.507 e. The molecule has 0 bridgehead atoms. The van der Waals surface area contributed by atoms with Crippen LogP contribution in [0.4, 0.5) is 0 Å². The molecule has 1 aromatic heterocycles. The summed E-state index contributed by atoms with van der Waals surface area (Å²) in [6.45, 7) is 13.4. The van der Waals surface area contributed by atoms with Crippen LogP contribution < -0.4 is 4.74 Å². The first-order valence-electron chi connectivity index (χ1n) is 9.79. The van der Waals surface area contributed by atoms with Crippen LogP contribution in [0.2, 0.25) is 0 Å². The molecule has 0 fully saturated rings. The van der Waals surface area contributed by atoms with E-state index in [1.54, 1.807) is 0 Å². The smallest absolute Gasteiger partial charge is 0.145 e. The average Bonchev–Trinajstić information content (AvgIpc) is 3.02. The van der Waals surface area contributed by atoms with E-state index in [1.807, 2.05) is 36.7 Å². The van der Waals surface area contributed by atoms with E-state index in [-0.39, 0.29) is 10.8 Å². The van der Waals surface area contributed by atoms with Crippen molar-refractivity contribution in [3.63, 3.8) is 0 Å². The molecule has 3 heteroatoms. The van der Waals surface area contributed by atoms with E-state index in [2.05, 4.69) is 70.4 Å². The molecule has 0 radical (unpaired) electrons. The molecule has 0 aliphatic heterocycles. The van der Waals surface area contributed by atoms with Crippen LogP contribution in [0.1, 0.15) is 58.2 Å². The van der Waals surface area contributed by atoms with Crippen molar-refractivity contribution in [2.24, 2.45) is 0 Å². The molecule has 0 saturated heterocycles. The van der Waals surface area contributed by atoms with Crippen molar-refractivity contribution in [2.45, 2.75) is 58.9 Å². The third-order valence-corrected chi connectivity index (χ3v) is 4.87. The average molecular weight is 378 g/mol. The Morgan fingerprint density at radius 3 is 1.93 bits per heavy atom. The van der Waals surface area contributed by atoms with E-state index >= 15 is 0 Å². The predicted octanol–water partition coefficient (Wildman–Crippen LogP) is 6.63. The molecule has 148 valence electrons. The van der Waals surface area contributed by atoms with Crippen LogP contribution in [-0.2, 0) is 17.4 Å². The summed E-state index contributed by atoms with van der Waals surface area (Å²) in [5, 5.41) is 10.9. The van der Waals surface area contributed by atoms with Crippen LogP contribution in [0.3, 0.4) is 0 Å². The maximum absolute atomic E-state index is 10.9. The number of hydrogen-bond donors (Lipinski definition) is 1. The number of benzene rings is 2. The lowest BCUT2D eigenvalue weighted by Crippen LogP contribution is -2.17. The highest BCUT2D eigenvalue weighted by atomic mass is 16.5. The first-order chi connectivity index (χ1) is 13.0. The molecule has 1 heterocycles. The summed E-state index contributed by atoms with van der Waals surface area (Å²) in [6, 6.07) is 16.3. The van der Waals surface area contributed by atoms with Crippen molar-refractivity contribution < 1.29 is 9.84 Å². The molecule has 0 unspecified atom stereocenters. The van der Waals surface area contributed by atoms with Crippen molar-refractivity contribution in [2.75, 3.05) is 0 Å². The van der Waals surface area contributed by atoms with E-state index < -0.39 is 0 Å². The zero-order valence-corrected chi connectivity index (χ0v) is 17.8. The molecular formula is C25H31NO2. The molecule has 1 N–H and O–H groups in total. The molecule has 0 spiro atoms. The molecule has 3 rings (SSSR count). The summed E-state index contributed by atoms with van der Waals surface area (Å²) in [5.41, 5.74) is 2.70. The number of hydrogen-bond acceptors (Lipinski definition) is 2. The summed E-state index contributed by atoms with van der Waals surface area (Å²) in [6.07, 6.45) is 4.03. The van der Waals surface area contributed by atoms with Crippen LogP contribution >= 0.6 is 0 Å². The van der Waals surface area contributed by atoms with Crippen LogP contribution in [-0.4, -0.2) is 9.67 Å². The molecule has 2 aromatic carbocycles. The van der Waals surface area contributed by atoms with Gasteiger partial charge in [0.05, 0.1) is 0 Å². The van der Waals surface area contributed by atoms with E-state index in [0.717, 1.165) is 29.2 Å². The van der Waals surface area contributed by atoms with Crippen molar-refractivity contribution in [3.05, 3.63) is 77.6 Å². The van der Waals surface area contributed by atoms with Gasteiger partial charge in [0.15, 0.2) is 0 Å². The van der Waals surface area contributed by atoms with Crippen LogP contribution in [0.5, 0.6) is 17.2 Å². The van der Waals surface area contributed by atoms with Gasteiger partial charge >= 0.3 is 0 Å². The lowest BCUT2D eigenvalue weighted by Gasteiger charge is -2.28. The van der Waals surface area contributed by atoms with Gasteiger partial charge in [-0.3, -0.25) is 0 Å². The van der Waals surface area contributed by atoms with Gasteiger partial charge in [-0.25, -0.2) is 0 Å². The quantitative estimate of drug-likeness (QED) is 0.554. The molecule has 0 aliphatic rings. The van der Waals surface area contributed by atoms with Crippen LogP contribution in [0.25, 0.3) is 0 Å². The maximum atomic E-state index is 10.9. The molecule has 0 aliphatic carbocycles. The van der Waals surface area contributed by atoms with Crippen LogP contribution in [0, 0.1) is 0 Å². The Morgan fingerprint density at radius 1 is 0.821 bits per heavy atom. The second-order valence-electron chi connectivity index (χ2n) is 9.47. The van der Waals surface area contributed by atoms with Crippen molar-refractivity contribution in [1.29, 1.82) is 0 Å². The number of phenolic OH excluding ortho intramolecular Hbond substituents is 1. The Hall–Kier alpha value is -2.68. The highest BCUT2D eigenvalue weighted by molar-refractivity contribution is 5.52. The Bertz CT molecular complexity index is 906.